The topological polar surface area (TPSA) is 59.5 Å². The molecule has 0 fully saturated rings. The van der Waals surface area contributed by atoms with Crippen molar-refractivity contribution in [3.05, 3.63) is 64.8 Å². The lowest BCUT2D eigenvalue weighted by Gasteiger charge is -2.29. The first-order valence-corrected chi connectivity index (χ1v) is 9.73. The third-order valence-electron chi connectivity index (χ3n) is 5.30. The summed E-state index contributed by atoms with van der Waals surface area (Å²) in [7, 11) is 3.33. The van der Waals surface area contributed by atoms with Gasteiger partial charge in [0.05, 0.1) is 14.2 Å². The number of aryl methyl sites for hydroxylation is 2. The van der Waals surface area contributed by atoms with Gasteiger partial charge in [-0.1, -0.05) is 12.1 Å². The fourth-order valence-electron chi connectivity index (χ4n) is 3.63. The number of aromatic nitrogens is 2. The standard InChI is InChI=1S/C23H26N4O2/c1-15-5-6-16(2)19(11-15)25-22-7-9-24-23(26-22)27-10-8-17-12-20(28-3)21(29-4)13-18(17)14-27/h5-7,9,11-13H,8,10,14H2,1-4H3,(H,24,25,26). The second-order valence-corrected chi connectivity index (χ2v) is 7.33. The van der Waals surface area contributed by atoms with E-state index in [0.717, 1.165) is 48.5 Å². The number of anilines is 3. The monoisotopic (exact) mass is 390 g/mol. The average molecular weight is 390 g/mol. The molecule has 6 nitrogen and oxygen atoms in total. The summed E-state index contributed by atoms with van der Waals surface area (Å²) in [5.74, 6) is 3.04. The van der Waals surface area contributed by atoms with Crippen LogP contribution >= 0.6 is 0 Å². The summed E-state index contributed by atoms with van der Waals surface area (Å²) in [6, 6.07) is 12.4. The van der Waals surface area contributed by atoms with Crippen molar-refractivity contribution >= 4 is 17.5 Å². The van der Waals surface area contributed by atoms with Crippen LogP contribution in [-0.2, 0) is 13.0 Å². The first kappa shape index (κ1) is 19.1. The number of fused-ring (bicyclic) bond motifs is 1. The number of nitrogens with one attached hydrogen (secondary N) is 1. The lowest BCUT2D eigenvalue weighted by Crippen LogP contribution is -2.31. The molecule has 0 atom stereocenters. The Kier molecular flexibility index (Phi) is 5.25. The third kappa shape index (κ3) is 3.97. The van der Waals surface area contributed by atoms with Gasteiger partial charge in [-0.25, -0.2) is 4.98 Å². The maximum Gasteiger partial charge on any atom is 0.227 e. The van der Waals surface area contributed by atoms with Crippen LogP contribution in [0.4, 0.5) is 17.5 Å². The van der Waals surface area contributed by atoms with Crippen molar-refractivity contribution in [3.63, 3.8) is 0 Å². The van der Waals surface area contributed by atoms with E-state index in [-0.39, 0.29) is 0 Å². The Labute approximate surface area is 171 Å². The van der Waals surface area contributed by atoms with E-state index >= 15 is 0 Å². The SMILES string of the molecule is COc1cc2c(cc1OC)CN(c1nccc(Nc3cc(C)ccc3C)n1)CC2. The lowest BCUT2D eigenvalue weighted by atomic mass is 9.99. The van der Waals surface area contributed by atoms with Gasteiger partial charge in [-0.05, 0) is 66.8 Å². The number of hydrogen-bond donors (Lipinski definition) is 1. The molecule has 1 aromatic heterocycles. The van der Waals surface area contributed by atoms with Crippen molar-refractivity contribution in [3.8, 4) is 11.5 Å². The van der Waals surface area contributed by atoms with Crippen LogP contribution in [0, 0.1) is 13.8 Å². The Hall–Kier alpha value is -3.28. The largest absolute Gasteiger partial charge is 0.493 e. The summed E-state index contributed by atoms with van der Waals surface area (Å²) >= 11 is 0. The van der Waals surface area contributed by atoms with Crippen molar-refractivity contribution in [2.45, 2.75) is 26.8 Å². The summed E-state index contributed by atoms with van der Waals surface area (Å²) in [5.41, 5.74) is 5.96. The highest BCUT2D eigenvalue weighted by molar-refractivity contribution is 5.62. The molecular formula is C23H26N4O2. The van der Waals surface area contributed by atoms with Gasteiger partial charge < -0.3 is 19.7 Å². The molecule has 0 saturated carbocycles. The highest BCUT2D eigenvalue weighted by atomic mass is 16.5. The molecule has 29 heavy (non-hydrogen) atoms. The second kappa shape index (κ2) is 7.99. The quantitative estimate of drug-likeness (QED) is 0.696. The van der Waals surface area contributed by atoms with Gasteiger partial charge >= 0.3 is 0 Å². The molecule has 0 bridgehead atoms. The first-order chi connectivity index (χ1) is 14.1. The van der Waals surface area contributed by atoms with Gasteiger partial charge in [-0.15, -0.1) is 0 Å². The van der Waals surface area contributed by atoms with Crippen LogP contribution in [0.1, 0.15) is 22.3 Å². The third-order valence-corrected chi connectivity index (χ3v) is 5.30. The van der Waals surface area contributed by atoms with E-state index in [9.17, 15) is 0 Å². The van der Waals surface area contributed by atoms with Crippen LogP contribution in [0.2, 0.25) is 0 Å². The van der Waals surface area contributed by atoms with Crippen LogP contribution in [0.25, 0.3) is 0 Å². The number of methoxy groups -OCH3 is 2. The molecule has 0 radical (unpaired) electrons. The fourth-order valence-corrected chi connectivity index (χ4v) is 3.63. The van der Waals surface area contributed by atoms with Crippen LogP contribution < -0.4 is 19.7 Å². The van der Waals surface area contributed by atoms with E-state index in [1.165, 1.54) is 22.3 Å². The van der Waals surface area contributed by atoms with Crippen LogP contribution in [-0.4, -0.2) is 30.7 Å². The minimum atomic E-state index is 0.723. The van der Waals surface area contributed by atoms with Gasteiger partial charge in [0.15, 0.2) is 11.5 Å². The highest BCUT2D eigenvalue weighted by Gasteiger charge is 2.21. The van der Waals surface area contributed by atoms with Gasteiger partial charge in [0.1, 0.15) is 5.82 Å². The Balaban J connectivity index is 1.57. The summed E-state index contributed by atoms with van der Waals surface area (Å²) < 4.78 is 10.9. The zero-order chi connectivity index (χ0) is 20.4. The molecule has 150 valence electrons. The predicted octanol–water partition coefficient (Wildman–Crippen LogP) is 4.42. The predicted molar refractivity (Wildman–Crippen MR) is 116 cm³/mol. The van der Waals surface area contributed by atoms with Gasteiger partial charge in [-0.3, -0.25) is 0 Å². The van der Waals surface area contributed by atoms with E-state index < -0.39 is 0 Å². The molecule has 6 heteroatoms. The number of ether oxygens (including phenoxy) is 2. The van der Waals surface area contributed by atoms with E-state index in [4.69, 9.17) is 14.5 Å². The van der Waals surface area contributed by atoms with Gasteiger partial charge in [0.2, 0.25) is 5.95 Å². The maximum absolute atomic E-state index is 5.46. The number of hydrogen-bond acceptors (Lipinski definition) is 6. The molecule has 0 spiro atoms. The normalized spacial score (nSPS) is 13.0. The molecule has 0 unspecified atom stereocenters. The molecule has 1 aliphatic heterocycles. The molecular weight excluding hydrogens is 364 g/mol. The fraction of sp³-hybridized carbons (Fsp3) is 0.304. The molecule has 2 heterocycles. The first-order valence-electron chi connectivity index (χ1n) is 9.73. The summed E-state index contributed by atoms with van der Waals surface area (Å²) in [6.07, 6.45) is 2.72. The summed E-state index contributed by atoms with van der Waals surface area (Å²) in [5, 5.41) is 3.43. The van der Waals surface area contributed by atoms with Crippen molar-refractivity contribution in [1.29, 1.82) is 0 Å². The van der Waals surface area contributed by atoms with Gasteiger partial charge in [-0.2, -0.15) is 4.98 Å². The minimum absolute atomic E-state index is 0.723. The summed E-state index contributed by atoms with van der Waals surface area (Å²) in [4.78, 5) is 11.5. The van der Waals surface area contributed by atoms with Crippen LogP contribution in [0.3, 0.4) is 0 Å². The van der Waals surface area contributed by atoms with Crippen molar-refractivity contribution in [1.82, 2.24) is 9.97 Å². The Bertz CT molecular complexity index is 1040. The van der Waals surface area contributed by atoms with Crippen LogP contribution in [0.5, 0.6) is 11.5 Å². The van der Waals surface area contributed by atoms with Gasteiger partial charge in [0.25, 0.3) is 0 Å². The van der Waals surface area contributed by atoms with E-state index in [1.807, 2.05) is 6.07 Å². The molecule has 0 saturated heterocycles. The average Bonchev–Trinajstić information content (AvgIpc) is 2.75. The highest BCUT2D eigenvalue weighted by Crippen LogP contribution is 2.34. The lowest BCUT2D eigenvalue weighted by molar-refractivity contribution is 0.353. The van der Waals surface area contributed by atoms with Crippen molar-refractivity contribution in [2.24, 2.45) is 0 Å². The van der Waals surface area contributed by atoms with Gasteiger partial charge in [0, 0.05) is 25.0 Å². The van der Waals surface area contributed by atoms with Crippen molar-refractivity contribution < 1.29 is 9.47 Å². The number of nitrogens with zero attached hydrogens (tertiary/aromatic N) is 3. The molecule has 0 aliphatic carbocycles. The maximum atomic E-state index is 5.46. The molecule has 0 amide bonds. The molecule has 1 aliphatic rings. The smallest absolute Gasteiger partial charge is 0.227 e. The Morgan fingerprint density at radius 1 is 0.966 bits per heavy atom. The second-order valence-electron chi connectivity index (χ2n) is 7.33. The zero-order valence-electron chi connectivity index (χ0n) is 17.3. The minimum Gasteiger partial charge on any atom is -0.493 e. The molecule has 3 aromatic rings. The molecule has 1 N–H and O–H groups in total. The Morgan fingerprint density at radius 2 is 1.72 bits per heavy atom. The number of rotatable bonds is 5. The number of benzene rings is 2. The van der Waals surface area contributed by atoms with E-state index in [2.05, 4.69) is 59.4 Å². The molecule has 4 rings (SSSR count). The molecule has 2 aromatic carbocycles. The van der Waals surface area contributed by atoms with E-state index in [1.54, 1.807) is 20.4 Å². The van der Waals surface area contributed by atoms with Crippen molar-refractivity contribution in [2.75, 3.05) is 31.0 Å². The Morgan fingerprint density at radius 3 is 2.48 bits per heavy atom. The zero-order valence-corrected chi connectivity index (χ0v) is 17.3. The van der Waals surface area contributed by atoms with E-state index in [0.29, 0.717) is 0 Å². The van der Waals surface area contributed by atoms with Crippen LogP contribution in [0.15, 0.2) is 42.6 Å². The summed E-state index contributed by atoms with van der Waals surface area (Å²) in [6.45, 7) is 5.77.